The fourth-order valence-corrected chi connectivity index (χ4v) is 2.24. The summed E-state index contributed by atoms with van der Waals surface area (Å²) < 4.78 is 5.16. The van der Waals surface area contributed by atoms with Crippen molar-refractivity contribution in [3.8, 4) is 0 Å². The van der Waals surface area contributed by atoms with Crippen LogP contribution in [0.1, 0.15) is 19.4 Å². The monoisotopic (exact) mass is 311 g/mol. The van der Waals surface area contributed by atoms with Crippen molar-refractivity contribution in [1.82, 2.24) is 0 Å². The number of hydrogen-bond acceptors (Lipinski definition) is 3. The zero-order valence-electron chi connectivity index (χ0n) is 12.7. The van der Waals surface area contributed by atoms with Gasteiger partial charge in [0.15, 0.2) is 0 Å². The first-order chi connectivity index (χ1) is 9.93. The molecule has 0 saturated heterocycles. The molecule has 0 bridgehead atoms. The average Bonchev–Trinajstić information content (AvgIpc) is 2.41. The molecule has 0 spiro atoms. The van der Waals surface area contributed by atoms with E-state index in [2.05, 4.69) is 18.7 Å². The van der Waals surface area contributed by atoms with Gasteiger partial charge in [-0.25, -0.2) is 4.79 Å². The Morgan fingerprint density at radius 2 is 2.19 bits per heavy atom. The normalized spacial score (nSPS) is 11.3. The summed E-state index contributed by atoms with van der Waals surface area (Å²) in [7, 11) is 1.67. The lowest BCUT2D eigenvalue weighted by molar-refractivity contribution is -0.131. The third-order valence-corrected chi connectivity index (χ3v) is 3.12. The second kappa shape index (κ2) is 8.70. The summed E-state index contributed by atoms with van der Waals surface area (Å²) in [5, 5.41) is 9.39. The van der Waals surface area contributed by atoms with Gasteiger partial charge in [-0.15, -0.1) is 0 Å². The van der Waals surface area contributed by atoms with E-state index in [0.717, 1.165) is 30.4 Å². The molecule has 1 N–H and O–H groups in total. The van der Waals surface area contributed by atoms with Gasteiger partial charge in [0.1, 0.15) is 0 Å². The molecule has 1 aromatic rings. The Morgan fingerprint density at radius 3 is 2.76 bits per heavy atom. The second-order valence-electron chi connectivity index (χ2n) is 5.21. The maximum absolute atomic E-state index is 10.7. The molecule has 0 aromatic heterocycles. The van der Waals surface area contributed by atoms with Crippen LogP contribution < -0.4 is 4.90 Å². The summed E-state index contributed by atoms with van der Waals surface area (Å²) in [5.41, 5.74) is 1.75. The van der Waals surface area contributed by atoms with Crippen LogP contribution in [0.25, 0.3) is 6.08 Å². The number of methoxy groups -OCH3 is 1. The highest BCUT2D eigenvalue weighted by molar-refractivity contribution is 6.30. The molecule has 0 aliphatic heterocycles. The third-order valence-electron chi connectivity index (χ3n) is 2.89. The highest BCUT2D eigenvalue weighted by atomic mass is 35.5. The van der Waals surface area contributed by atoms with Crippen LogP contribution >= 0.6 is 11.6 Å². The number of hydrogen-bond donors (Lipinski definition) is 1. The molecule has 0 amide bonds. The van der Waals surface area contributed by atoms with Crippen LogP contribution in [0.15, 0.2) is 24.3 Å². The summed E-state index contributed by atoms with van der Waals surface area (Å²) >= 11 is 6.02. The topological polar surface area (TPSA) is 49.8 Å². The quantitative estimate of drug-likeness (QED) is 0.746. The summed E-state index contributed by atoms with van der Waals surface area (Å²) in [4.78, 5) is 12.9. The van der Waals surface area contributed by atoms with Gasteiger partial charge in [-0.1, -0.05) is 25.4 Å². The van der Waals surface area contributed by atoms with E-state index >= 15 is 0 Å². The lowest BCUT2D eigenvalue weighted by atomic mass is 10.1. The molecule has 0 fully saturated rings. The van der Waals surface area contributed by atoms with Crippen molar-refractivity contribution in [3.63, 3.8) is 0 Å². The molecule has 0 saturated carbocycles. The standard InChI is InChI=1S/C16H22ClNO3/c1-12(2)11-18(8-9-21-3)15-6-5-14(17)10-13(15)4-7-16(19)20/h4-7,10,12H,8-9,11H2,1-3H3,(H,19,20)/b7-4+. The van der Waals surface area contributed by atoms with Crippen LogP contribution in [0.5, 0.6) is 0 Å². The molecule has 4 nitrogen and oxygen atoms in total. The first kappa shape index (κ1) is 17.5. The smallest absolute Gasteiger partial charge is 0.328 e. The molecule has 0 radical (unpaired) electrons. The number of ether oxygens (including phenoxy) is 1. The van der Waals surface area contributed by atoms with Crippen molar-refractivity contribution in [2.75, 3.05) is 31.7 Å². The van der Waals surface area contributed by atoms with Gasteiger partial charge >= 0.3 is 5.97 Å². The van der Waals surface area contributed by atoms with Crippen molar-refractivity contribution in [3.05, 3.63) is 34.9 Å². The zero-order valence-corrected chi connectivity index (χ0v) is 13.4. The Labute approximate surface area is 131 Å². The Balaban J connectivity index is 3.12. The van der Waals surface area contributed by atoms with Crippen LogP contribution in [0.3, 0.4) is 0 Å². The third kappa shape index (κ3) is 6.19. The molecule has 1 rings (SSSR count). The minimum absolute atomic E-state index is 0.480. The van der Waals surface area contributed by atoms with E-state index in [4.69, 9.17) is 21.4 Å². The van der Waals surface area contributed by atoms with Crippen LogP contribution in [-0.2, 0) is 9.53 Å². The number of anilines is 1. The van der Waals surface area contributed by atoms with Crippen LogP contribution in [0, 0.1) is 5.92 Å². The molecule has 1 aromatic carbocycles. The van der Waals surface area contributed by atoms with Crippen molar-refractivity contribution < 1.29 is 14.6 Å². The molecule has 0 atom stereocenters. The average molecular weight is 312 g/mol. The fourth-order valence-electron chi connectivity index (χ4n) is 2.06. The van der Waals surface area contributed by atoms with E-state index in [-0.39, 0.29) is 0 Å². The molecule has 0 unspecified atom stereocenters. The summed E-state index contributed by atoms with van der Waals surface area (Å²) in [6.45, 7) is 6.49. The van der Waals surface area contributed by atoms with E-state index < -0.39 is 5.97 Å². The molecule has 5 heteroatoms. The minimum atomic E-state index is -0.978. The molecule has 21 heavy (non-hydrogen) atoms. The van der Waals surface area contributed by atoms with Gasteiger partial charge < -0.3 is 14.7 Å². The predicted molar refractivity (Wildman–Crippen MR) is 87.0 cm³/mol. The van der Waals surface area contributed by atoms with E-state index in [1.807, 2.05) is 12.1 Å². The number of nitrogens with zero attached hydrogens (tertiary/aromatic N) is 1. The van der Waals surface area contributed by atoms with E-state index in [1.165, 1.54) is 0 Å². The number of carboxylic acids is 1. The van der Waals surface area contributed by atoms with Crippen LogP contribution in [0.2, 0.25) is 5.02 Å². The fraction of sp³-hybridized carbons (Fsp3) is 0.438. The van der Waals surface area contributed by atoms with E-state index in [9.17, 15) is 4.79 Å². The molecular formula is C16H22ClNO3. The molecular weight excluding hydrogens is 290 g/mol. The lowest BCUT2D eigenvalue weighted by Gasteiger charge is -2.28. The predicted octanol–water partition coefficient (Wildman–Crippen LogP) is 3.55. The Bertz CT molecular complexity index is 500. The molecule has 0 aliphatic carbocycles. The zero-order chi connectivity index (χ0) is 15.8. The van der Waals surface area contributed by atoms with Gasteiger partial charge in [0.25, 0.3) is 0 Å². The van der Waals surface area contributed by atoms with Crippen molar-refractivity contribution in [1.29, 1.82) is 0 Å². The van der Waals surface area contributed by atoms with Crippen molar-refractivity contribution in [2.45, 2.75) is 13.8 Å². The minimum Gasteiger partial charge on any atom is -0.478 e. The summed E-state index contributed by atoms with van der Waals surface area (Å²) in [5.74, 6) is -0.498. The van der Waals surface area contributed by atoms with Gasteiger partial charge in [0.05, 0.1) is 6.61 Å². The lowest BCUT2D eigenvalue weighted by Crippen LogP contribution is -2.31. The summed E-state index contributed by atoms with van der Waals surface area (Å²) in [6, 6.07) is 5.51. The number of aliphatic carboxylic acids is 1. The van der Waals surface area contributed by atoms with Crippen LogP contribution in [0.4, 0.5) is 5.69 Å². The number of carbonyl (C=O) groups is 1. The van der Waals surface area contributed by atoms with Gasteiger partial charge in [0.2, 0.25) is 0 Å². The summed E-state index contributed by atoms with van der Waals surface area (Å²) in [6.07, 6.45) is 2.70. The van der Waals surface area contributed by atoms with E-state index in [1.54, 1.807) is 19.3 Å². The maximum atomic E-state index is 10.7. The Kier molecular flexibility index (Phi) is 7.26. The van der Waals surface area contributed by atoms with Crippen molar-refractivity contribution in [2.24, 2.45) is 5.92 Å². The first-order valence-electron chi connectivity index (χ1n) is 6.88. The first-order valence-corrected chi connectivity index (χ1v) is 7.26. The Hall–Kier alpha value is -1.52. The number of benzene rings is 1. The SMILES string of the molecule is COCCN(CC(C)C)c1ccc(Cl)cc1/C=C/C(=O)O. The Morgan fingerprint density at radius 1 is 1.48 bits per heavy atom. The second-order valence-corrected chi connectivity index (χ2v) is 5.64. The van der Waals surface area contributed by atoms with E-state index in [0.29, 0.717) is 17.5 Å². The maximum Gasteiger partial charge on any atom is 0.328 e. The molecule has 116 valence electrons. The molecule has 0 aliphatic rings. The number of rotatable bonds is 8. The highest BCUT2D eigenvalue weighted by Gasteiger charge is 2.12. The number of carboxylic acid groups (broad SMARTS) is 1. The number of halogens is 1. The van der Waals surface area contributed by atoms with Gasteiger partial charge in [0, 0.05) is 37.0 Å². The van der Waals surface area contributed by atoms with Gasteiger partial charge in [-0.2, -0.15) is 0 Å². The van der Waals surface area contributed by atoms with Gasteiger partial charge in [-0.3, -0.25) is 0 Å². The highest BCUT2D eigenvalue weighted by Crippen LogP contribution is 2.26. The van der Waals surface area contributed by atoms with Crippen LogP contribution in [-0.4, -0.2) is 37.9 Å². The van der Waals surface area contributed by atoms with Gasteiger partial charge in [-0.05, 0) is 35.8 Å². The molecule has 0 heterocycles. The van der Waals surface area contributed by atoms with Crippen molar-refractivity contribution >= 4 is 29.3 Å². The largest absolute Gasteiger partial charge is 0.478 e.